The van der Waals surface area contributed by atoms with Crippen molar-refractivity contribution in [1.29, 1.82) is 0 Å². The molecule has 2 rings (SSSR count). The monoisotopic (exact) mass is 250 g/mol. The van der Waals surface area contributed by atoms with Gasteiger partial charge in [-0.25, -0.2) is 9.67 Å². The summed E-state index contributed by atoms with van der Waals surface area (Å²) in [5, 5.41) is 4.25. The van der Waals surface area contributed by atoms with Gasteiger partial charge in [0.05, 0.1) is 6.54 Å². The van der Waals surface area contributed by atoms with E-state index >= 15 is 0 Å². The van der Waals surface area contributed by atoms with E-state index in [1.807, 2.05) is 4.68 Å². The maximum Gasteiger partial charge on any atom is 0.141 e. The zero-order valence-electron chi connectivity index (χ0n) is 11.5. The molecule has 0 spiro atoms. The Hall–Kier alpha value is -1.23. The number of hydrogen-bond donors (Lipinski definition) is 0. The number of aromatic nitrogens is 3. The van der Waals surface area contributed by atoms with Crippen molar-refractivity contribution >= 4 is 5.78 Å². The fourth-order valence-electron chi connectivity index (χ4n) is 2.50. The number of hydrogen-bond acceptors (Lipinski definition) is 4. The summed E-state index contributed by atoms with van der Waals surface area (Å²) in [6.07, 6.45) is 3.22. The molecule has 0 N–H and O–H groups in total. The van der Waals surface area contributed by atoms with Crippen LogP contribution in [0.3, 0.4) is 0 Å². The summed E-state index contributed by atoms with van der Waals surface area (Å²) in [5.41, 5.74) is 0. The van der Waals surface area contributed by atoms with Crippen LogP contribution in [0.1, 0.15) is 45.5 Å². The van der Waals surface area contributed by atoms with Crippen molar-refractivity contribution in [2.24, 2.45) is 5.92 Å². The normalized spacial score (nSPS) is 21.8. The van der Waals surface area contributed by atoms with E-state index in [1.165, 1.54) is 0 Å². The minimum absolute atomic E-state index is 0.203. The van der Waals surface area contributed by atoms with Crippen LogP contribution in [0.2, 0.25) is 0 Å². The Morgan fingerprint density at radius 1 is 1.50 bits per heavy atom. The van der Waals surface area contributed by atoms with Gasteiger partial charge in [-0.15, -0.1) is 0 Å². The molecule has 5 nitrogen and oxygen atoms in total. The Labute approximate surface area is 108 Å². The number of rotatable bonds is 4. The van der Waals surface area contributed by atoms with Crippen LogP contribution < -0.4 is 0 Å². The first-order valence-electron chi connectivity index (χ1n) is 6.75. The van der Waals surface area contributed by atoms with Crippen LogP contribution in [0.5, 0.6) is 0 Å². The van der Waals surface area contributed by atoms with E-state index < -0.39 is 0 Å². The summed E-state index contributed by atoms with van der Waals surface area (Å²) >= 11 is 0. The van der Waals surface area contributed by atoms with E-state index in [2.05, 4.69) is 35.8 Å². The van der Waals surface area contributed by atoms with E-state index in [-0.39, 0.29) is 5.92 Å². The summed E-state index contributed by atoms with van der Waals surface area (Å²) in [7, 11) is 0. The lowest BCUT2D eigenvalue weighted by Crippen LogP contribution is -2.40. The Bertz CT molecular complexity index is 413. The van der Waals surface area contributed by atoms with Crippen LogP contribution in [0, 0.1) is 5.92 Å². The zero-order valence-corrected chi connectivity index (χ0v) is 11.5. The number of carbonyl (C=O) groups excluding carboxylic acids is 1. The van der Waals surface area contributed by atoms with Crippen LogP contribution in [0.15, 0.2) is 6.33 Å². The predicted molar refractivity (Wildman–Crippen MR) is 69.1 cm³/mol. The van der Waals surface area contributed by atoms with Crippen LogP contribution >= 0.6 is 0 Å². The standard InChI is InChI=1S/C13H22N4O/c1-4-11-7-16(6-5-12(11)18)8-13-14-9-15-17(13)10(2)3/h9-11H,4-8H2,1-3H3. The second kappa shape index (κ2) is 5.61. The van der Waals surface area contributed by atoms with Crippen molar-refractivity contribution in [3.63, 3.8) is 0 Å². The van der Waals surface area contributed by atoms with Gasteiger partial charge in [-0.2, -0.15) is 5.10 Å². The number of ketones is 1. The Morgan fingerprint density at radius 2 is 2.28 bits per heavy atom. The van der Waals surface area contributed by atoms with Gasteiger partial charge in [-0.1, -0.05) is 6.92 Å². The minimum Gasteiger partial charge on any atom is -0.299 e. The highest BCUT2D eigenvalue weighted by Crippen LogP contribution is 2.18. The minimum atomic E-state index is 0.203. The van der Waals surface area contributed by atoms with Gasteiger partial charge in [0.25, 0.3) is 0 Å². The molecule has 1 aliphatic rings. The smallest absolute Gasteiger partial charge is 0.141 e. The molecule has 0 saturated carbocycles. The molecule has 1 saturated heterocycles. The number of Topliss-reactive ketones (excluding diaryl/α,β-unsaturated/α-hetero) is 1. The molecule has 0 aromatic carbocycles. The number of likely N-dealkylation sites (tertiary alicyclic amines) is 1. The molecule has 5 heteroatoms. The molecule has 1 fully saturated rings. The van der Waals surface area contributed by atoms with Crippen LogP contribution in [-0.2, 0) is 11.3 Å². The third-order valence-corrected chi connectivity index (χ3v) is 3.60. The van der Waals surface area contributed by atoms with E-state index in [0.717, 1.165) is 31.9 Å². The summed E-state index contributed by atoms with van der Waals surface area (Å²) in [5.74, 6) is 1.61. The van der Waals surface area contributed by atoms with E-state index in [0.29, 0.717) is 18.2 Å². The Kier molecular flexibility index (Phi) is 4.11. The third kappa shape index (κ3) is 2.77. The topological polar surface area (TPSA) is 51.0 Å². The van der Waals surface area contributed by atoms with Crippen LogP contribution in [0.25, 0.3) is 0 Å². The number of nitrogens with zero attached hydrogens (tertiary/aromatic N) is 4. The van der Waals surface area contributed by atoms with Gasteiger partial charge in [-0.05, 0) is 20.3 Å². The molecule has 1 aromatic rings. The average Bonchev–Trinajstić information content (AvgIpc) is 2.80. The first kappa shape index (κ1) is 13.2. The quantitative estimate of drug-likeness (QED) is 0.815. The summed E-state index contributed by atoms with van der Waals surface area (Å²) in [4.78, 5) is 18.3. The summed E-state index contributed by atoms with van der Waals surface area (Å²) < 4.78 is 1.96. The van der Waals surface area contributed by atoms with Gasteiger partial charge in [0, 0.05) is 31.5 Å². The van der Waals surface area contributed by atoms with E-state index in [1.54, 1.807) is 6.33 Å². The lowest BCUT2D eigenvalue weighted by Gasteiger charge is -2.31. The molecule has 100 valence electrons. The Morgan fingerprint density at radius 3 is 2.94 bits per heavy atom. The summed E-state index contributed by atoms with van der Waals surface area (Å²) in [6, 6.07) is 0.330. The molecule has 0 radical (unpaired) electrons. The van der Waals surface area contributed by atoms with Crippen molar-refractivity contribution in [2.45, 2.75) is 46.2 Å². The van der Waals surface area contributed by atoms with E-state index in [4.69, 9.17) is 0 Å². The molecular weight excluding hydrogens is 228 g/mol. The molecular formula is C13H22N4O. The van der Waals surface area contributed by atoms with Gasteiger partial charge in [-0.3, -0.25) is 9.69 Å². The lowest BCUT2D eigenvalue weighted by molar-refractivity contribution is -0.126. The highest BCUT2D eigenvalue weighted by atomic mass is 16.1. The van der Waals surface area contributed by atoms with Gasteiger partial charge in [0.2, 0.25) is 0 Å². The molecule has 18 heavy (non-hydrogen) atoms. The SMILES string of the molecule is CCC1CN(Cc2ncnn2C(C)C)CCC1=O. The zero-order chi connectivity index (χ0) is 13.1. The predicted octanol–water partition coefficient (Wildman–Crippen LogP) is 1.66. The van der Waals surface area contributed by atoms with Gasteiger partial charge < -0.3 is 0 Å². The lowest BCUT2D eigenvalue weighted by atomic mass is 9.94. The largest absolute Gasteiger partial charge is 0.299 e. The first-order valence-corrected chi connectivity index (χ1v) is 6.75. The van der Waals surface area contributed by atoms with Crippen LogP contribution in [-0.4, -0.2) is 38.5 Å². The maximum absolute atomic E-state index is 11.7. The second-order valence-electron chi connectivity index (χ2n) is 5.27. The van der Waals surface area contributed by atoms with E-state index in [9.17, 15) is 4.79 Å². The molecule has 0 bridgehead atoms. The first-order chi connectivity index (χ1) is 8.61. The summed E-state index contributed by atoms with van der Waals surface area (Å²) in [6.45, 7) is 8.80. The highest BCUT2D eigenvalue weighted by Gasteiger charge is 2.26. The van der Waals surface area contributed by atoms with Crippen molar-refractivity contribution in [3.05, 3.63) is 12.2 Å². The second-order valence-corrected chi connectivity index (χ2v) is 5.27. The Balaban J connectivity index is 2.01. The molecule has 1 aliphatic heterocycles. The van der Waals surface area contributed by atoms with Gasteiger partial charge in [0.1, 0.15) is 17.9 Å². The molecule has 1 aromatic heterocycles. The molecule has 0 amide bonds. The number of piperidine rings is 1. The van der Waals surface area contributed by atoms with Crippen molar-refractivity contribution in [2.75, 3.05) is 13.1 Å². The third-order valence-electron chi connectivity index (χ3n) is 3.60. The fourth-order valence-corrected chi connectivity index (χ4v) is 2.50. The molecule has 2 heterocycles. The van der Waals surface area contributed by atoms with Crippen LogP contribution in [0.4, 0.5) is 0 Å². The number of carbonyl (C=O) groups is 1. The van der Waals surface area contributed by atoms with Crippen molar-refractivity contribution in [1.82, 2.24) is 19.7 Å². The van der Waals surface area contributed by atoms with Gasteiger partial charge in [0.15, 0.2) is 0 Å². The molecule has 0 aliphatic carbocycles. The van der Waals surface area contributed by atoms with Gasteiger partial charge >= 0.3 is 0 Å². The maximum atomic E-state index is 11.7. The average molecular weight is 250 g/mol. The molecule has 1 atom stereocenters. The highest BCUT2D eigenvalue weighted by molar-refractivity contribution is 5.82. The van der Waals surface area contributed by atoms with Crippen molar-refractivity contribution in [3.8, 4) is 0 Å². The van der Waals surface area contributed by atoms with Crippen molar-refractivity contribution < 1.29 is 4.79 Å². The molecule has 1 unspecified atom stereocenters. The fraction of sp³-hybridized carbons (Fsp3) is 0.769.